The average molecular weight is 280 g/mol. The summed E-state index contributed by atoms with van der Waals surface area (Å²) in [5.74, 6) is 1.36. The molecule has 0 fully saturated rings. The molecule has 5 heteroatoms. The fourth-order valence-electron chi connectivity index (χ4n) is 1.16. The Morgan fingerprint density at radius 1 is 1.06 bits per heavy atom. The zero-order chi connectivity index (χ0) is 11.5. The number of rotatable bonds is 2. The first-order chi connectivity index (χ1) is 7.66. The second-order valence-electron chi connectivity index (χ2n) is 3.16. The largest absolute Gasteiger partial charge is 0.438 e. The lowest BCUT2D eigenvalue weighted by Gasteiger charge is -2.07. The second-order valence-corrected chi connectivity index (χ2v) is 4.01. The van der Waals surface area contributed by atoms with Crippen molar-refractivity contribution in [3.8, 4) is 11.6 Å². The number of aromatic nitrogens is 1. The maximum atomic E-state index is 5.58. The molecule has 0 aliphatic heterocycles. The molecule has 0 amide bonds. The highest BCUT2D eigenvalue weighted by molar-refractivity contribution is 9.10. The Bertz CT molecular complexity index is 516. The van der Waals surface area contributed by atoms with Gasteiger partial charge < -0.3 is 16.2 Å². The van der Waals surface area contributed by atoms with Gasteiger partial charge in [-0.25, -0.2) is 0 Å². The third-order valence-corrected chi connectivity index (χ3v) is 2.64. The number of para-hydroxylation sites is 1. The van der Waals surface area contributed by atoms with Crippen molar-refractivity contribution in [2.45, 2.75) is 0 Å². The number of hydrogen-bond donors (Lipinski definition) is 2. The van der Waals surface area contributed by atoms with Gasteiger partial charge in [-0.05, 0) is 34.1 Å². The van der Waals surface area contributed by atoms with Crippen molar-refractivity contribution in [2.75, 3.05) is 11.5 Å². The Kier molecular flexibility index (Phi) is 2.96. The molecular weight excluding hydrogens is 270 g/mol. The average Bonchev–Trinajstić information content (AvgIpc) is 2.27. The lowest BCUT2D eigenvalue weighted by molar-refractivity contribution is 0.461. The zero-order valence-corrected chi connectivity index (χ0v) is 9.94. The van der Waals surface area contributed by atoms with E-state index in [1.807, 2.05) is 24.3 Å². The van der Waals surface area contributed by atoms with Crippen molar-refractivity contribution in [3.63, 3.8) is 0 Å². The predicted octanol–water partition coefficient (Wildman–Crippen LogP) is 2.80. The maximum absolute atomic E-state index is 5.58. The normalized spacial score (nSPS) is 10.1. The fraction of sp³-hybridized carbons (Fsp3) is 0. The van der Waals surface area contributed by atoms with Gasteiger partial charge in [0.2, 0.25) is 5.88 Å². The van der Waals surface area contributed by atoms with Crippen molar-refractivity contribution in [2.24, 2.45) is 0 Å². The molecule has 0 saturated carbocycles. The van der Waals surface area contributed by atoms with E-state index >= 15 is 0 Å². The molecule has 0 atom stereocenters. The van der Waals surface area contributed by atoms with Gasteiger partial charge in [-0.2, -0.15) is 4.98 Å². The summed E-state index contributed by atoms with van der Waals surface area (Å²) in [6.45, 7) is 0. The van der Waals surface area contributed by atoms with Crippen molar-refractivity contribution < 1.29 is 4.74 Å². The highest BCUT2D eigenvalue weighted by Gasteiger charge is 2.04. The number of halogens is 1. The number of pyridine rings is 1. The number of nitrogens with two attached hydrogens (primary N) is 2. The van der Waals surface area contributed by atoms with Crippen molar-refractivity contribution >= 4 is 27.4 Å². The van der Waals surface area contributed by atoms with E-state index in [0.717, 1.165) is 4.47 Å². The molecule has 0 saturated heterocycles. The Morgan fingerprint density at radius 2 is 1.81 bits per heavy atom. The standard InChI is InChI=1S/C11H10BrN3O/c12-7-3-1-2-4-9(7)16-10-6-5-8(13)11(14)15-10/h1-6H,13H2,(H2,14,15). The van der Waals surface area contributed by atoms with Crippen LogP contribution in [0, 0.1) is 0 Å². The first-order valence-electron chi connectivity index (χ1n) is 4.61. The van der Waals surface area contributed by atoms with Crippen LogP contribution in [0.5, 0.6) is 11.6 Å². The molecule has 1 heterocycles. The van der Waals surface area contributed by atoms with Crippen LogP contribution in [0.2, 0.25) is 0 Å². The van der Waals surface area contributed by atoms with Gasteiger partial charge in [0, 0.05) is 6.07 Å². The minimum absolute atomic E-state index is 0.268. The molecule has 1 aromatic carbocycles. The lowest BCUT2D eigenvalue weighted by Crippen LogP contribution is -1.99. The van der Waals surface area contributed by atoms with E-state index in [1.54, 1.807) is 12.1 Å². The fourth-order valence-corrected chi connectivity index (χ4v) is 1.53. The van der Waals surface area contributed by atoms with Crippen LogP contribution in [0.25, 0.3) is 0 Å². The third kappa shape index (κ3) is 2.25. The summed E-state index contributed by atoms with van der Waals surface area (Å²) in [5, 5.41) is 0. The van der Waals surface area contributed by atoms with E-state index in [2.05, 4.69) is 20.9 Å². The van der Waals surface area contributed by atoms with Crippen LogP contribution in [0.15, 0.2) is 40.9 Å². The molecule has 4 N–H and O–H groups in total. The van der Waals surface area contributed by atoms with E-state index in [0.29, 0.717) is 17.3 Å². The SMILES string of the molecule is Nc1ccc(Oc2ccccc2Br)nc1N. The lowest BCUT2D eigenvalue weighted by atomic mass is 10.3. The molecule has 0 spiro atoms. The zero-order valence-electron chi connectivity index (χ0n) is 8.35. The quantitative estimate of drug-likeness (QED) is 0.887. The van der Waals surface area contributed by atoms with E-state index < -0.39 is 0 Å². The highest BCUT2D eigenvalue weighted by atomic mass is 79.9. The van der Waals surface area contributed by atoms with Crippen molar-refractivity contribution in [3.05, 3.63) is 40.9 Å². The third-order valence-electron chi connectivity index (χ3n) is 1.98. The van der Waals surface area contributed by atoms with E-state index in [1.165, 1.54) is 0 Å². The first kappa shape index (κ1) is 10.8. The number of nitrogen functional groups attached to an aromatic ring is 2. The van der Waals surface area contributed by atoms with Crippen LogP contribution >= 0.6 is 15.9 Å². The van der Waals surface area contributed by atoms with Crippen LogP contribution in [-0.4, -0.2) is 4.98 Å². The van der Waals surface area contributed by atoms with E-state index in [-0.39, 0.29) is 5.82 Å². The number of ether oxygens (including phenoxy) is 1. The summed E-state index contributed by atoms with van der Waals surface area (Å²) in [5.41, 5.74) is 11.6. The number of anilines is 2. The molecule has 0 aliphatic carbocycles. The summed E-state index contributed by atoms with van der Waals surface area (Å²) < 4.78 is 6.41. The molecule has 2 rings (SSSR count). The second kappa shape index (κ2) is 4.40. The number of hydrogen-bond acceptors (Lipinski definition) is 4. The van der Waals surface area contributed by atoms with Crippen LogP contribution < -0.4 is 16.2 Å². The molecule has 4 nitrogen and oxygen atoms in total. The topological polar surface area (TPSA) is 74.2 Å². The van der Waals surface area contributed by atoms with Crippen LogP contribution in [0.1, 0.15) is 0 Å². The minimum atomic E-state index is 0.268. The van der Waals surface area contributed by atoms with Crippen molar-refractivity contribution in [1.29, 1.82) is 0 Å². The molecule has 1 aromatic heterocycles. The predicted molar refractivity (Wildman–Crippen MR) is 67.3 cm³/mol. The Labute approximate surface area is 101 Å². The Hall–Kier alpha value is -1.75. The van der Waals surface area contributed by atoms with Gasteiger partial charge in [0.05, 0.1) is 10.2 Å². The molecule has 2 aromatic rings. The van der Waals surface area contributed by atoms with Gasteiger partial charge in [-0.3, -0.25) is 0 Å². The van der Waals surface area contributed by atoms with Gasteiger partial charge in [0.15, 0.2) is 5.82 Å². The van der Waals surface area contributed by atoms with Gasteiger partial charge in [0.25, 0.3) is 0 Å². The molecule has 0 bridgehead atoms. The van der Waals surface area contributed by atoms with E-state index in [4.69, 9.17) is 16.2 Å². The maximum Gasteiger partial charge on any atom is 0.221 e. The van der Waals surface area contributed by atoms with Gasteiger partial charge >= 0.3 is 0 Å². The van der Waals surface area contributed by atoms with Crippen molar-refractivity contribution in [1.82, 2.24) is 4.98 Å². The summed E-state index contributed by atoms with van der Waals surface area (Å²) in [6, 6.07) is 10.8. The monoisotopic (exact) mass is 279 g/mol. The van der Waals surface area contributed by atoms with Gasteiger partial charge in [0.1, 0.15) is 5.75 Å². The highest BCUT2D eigenvalue weighted by Crippen LogP contribution is 2.29. The van der Waals surface area contributed by atoms with Crippen LogP contribution in [0.3, 0.4) is 0 Å². The summed E-state index contributed by atoms with van der Waals surface area (Å²) >= 11 is 3.38. The summed E-state index contributed by atoms with van der Waals surface area (Å²) in [7, 11) is 0. The van der Waals surface area contributed by atoms with E-state index in [9.17, 15) is 0 Å². The summed E-state index contributed by atoms with van der Waals surface area (Å²) in [4.78, 5) is 4.02. The number of nitrogens with zero attached hydrogens (tertiary/aromatic N) is 1. The molecule has 82 valence electrons. The summed E-state index contributed by atoms with van der Waals surface area (Å²) in [6.07, 6.45) is 0. The van der Waals surface area contributed by atoms with Crippen LogP contribution in [0.4, 0.5) is 11.5 Å². The Balaban J connectivity index is 2.28. The van der Waals surface area contributed by atoms with Gasteiger partial charge in [-0.1, -0.05) is 12.1 Å². The van der Waals surface area contributed by atoms with Gasteiger partial charge in [-0.15, -0.1) is 0 Å². The van der Waals surface area contributed by atoms with Crippen LogP contribution in [-0.2, 0) is 0 Å². The Morgan fingerprint density at radius 3 is 2.50 bits per heavy atom. The molecule has 0 unspecified atom stereocenters. The molecule has 0 radical (unpaired) electrons. The molecular formula is C11H10BrN3O. The minimum Gasteiger partial charge on any atom is -0.438 e. The number of benzene rings is 1. The molecule has 16 heavy (non-hydrogen) atoms. The molecule has 0 aliphatic rings. The smallest absolute Gasteiger partial charge is 0.221 e. The first-order valence-corrected chi connectivity index (χ1v) is 5.40.